The van der Waals surface area contributed by atoms with E-state index in [2.05, 4.69) is 5.32 Å². The Labute approximate surface area is 142 Å². The van der Waals surface area contributed by atoms with E-state index in [9.17, 15) is 22.8 Å². The van der Waals surface area contributed by atoms with Crippen molar-refractivity contribution in [2.24, 2.45) is 0 Å². The van der Waals surface area contributed by atoms with E-state index >= 15 is 0 Å². The van der Waals surface area contributed by atoms with Crippen molar-refractivity contribution in [2.45, 2.75) is 13.1 Å². The number of carbonyl (C=O) groups is 2. The first-order valence-electron chi connectivity index (χ1n) is 7.28. The van der Waals surface area contributed by atoms with E-state index in [1.165, 1.54) is 30.3 Å². The van der Waals surface area contributed by atoms with E-state index in [0.29, 0.717) is 0 Å². The molecule has 0 saturated carbocycles. The first-order chi connectivity index (χ1) is 11.8. The fraction of sp³-hybridized carbons (Fsp3) is 0.111. The maximum Gasteiger partial charge on any atom is 0.471 e. The normalized spacial score (nSPS) is 11.4. The Morgan fingerprint density at radius 3 is 2.04 bits per heavy atom. The molecule has 2 rings (SSSR count). The molecule has 0 aromatic heterocycles. The number of alkyl halides is 3. The smallest absolute Gasteiger partial charge is 0.321 e. The van der Waals surface area contributed by atoms with Crippen LogP contribution in [0.3, 0.4) is 0 Å². The standard InChI is InChI=1S/C18H15F3N2O2/c1-12-6-8-13(9-7-12)10-11-16(24)22-14-4-2-3-5-15(14)23-17(25)18(19,20)21/h2-11H,1H3,(H,22,24)(H,23,25)/b11-10+. The van der Waals surface area contributed by atoms with Crippen LogP contribution in [-0.2, 0) is 9.59 Å². The summed E-state index contributed by atoms with van der Waals surface area (Å²) in [6.45, 7) is 1.94. The number of nitrogens with one attached hydrogen (secondary N) is 2. The molecule has 7 heteroatoms. The number of para-hydroxylation sites is 2. The average Bonchev–Trinajstić information content (AvgIpc) is 2.55. The number of hydrogen-bond donors (Lipinski definition) is 2. The topological polar surface area (TPSA) is 58.2 Å². The van der Waals surface area contributed by atoms with E-state index in [-0.39, 0.29) is 11.4 Å². The largest absolute Gasteiger partial charge is 0.471 e. The molecule has 0 radical (unpaired) electrons. The maximum atomic E-state index is 12.4. The van der Waals surface area contributed by atoms with E-state index in [4.69, 9.17) is 0 Å². The lowest BCUT2D eigenvalue weighted by Gasteiger charge is -2.12. The van der Waals surface area contributed by atoms with E-state index in [1.807, 2.05) is 31.2 Å². The zero-order valence-corrected chi connectivity index (χ0v) is 13.2. The molecule has 2 aromatic rings. The van der Waals surface area contributed by atoms with Gasteiger partial charge in [-0.2, -0.15) is 13.2 Å². The summed E-state index contributed by atoms with van der Waals surface area (Å²) in [5, 5.41) is 4.17. The minimum absolute atomic E-state index is 0.0682. The van der Waals surface area contributed by atoms with Crippen LogP contribution >= 0.6 is 0 Å². The summed E-state index contributed by atoms with van der Waals surface area (Å²) in [6.07, 6.45) is -2.18. The lowest BCUT2D eigenvalue weighted by molar-refractivity contribution is -0.167. The predicted molar refractivity (Wildman–Crippen MR) is 90.0 cm³/mol. The summed E-state index contributed by atoms with van der Waals surface area (Å²) in [4.78, 5) is 23.0. The number of benzene rings is 2. The van der Waals surface area contributed by atoms with Crippen molar-refractivity contribution in [1.29, 1.82) is 0 Å². The van der Waals surface area contributed by atoms with Gasteiger partial charge in [0.1, 0.15) is 0 Å². The molecule has 130 valence electrons. The van der Waals surface area contributed by atoms with E-state index in [0.717, 1.165) is 11.1 Å². The van der Waals surface area contributed by atoms with Crippen LogP contribution in [0.2, 0.25) is 0 Å². The van der Waals surface area contributed by atoms with Crippen molar-refractivity contribution >= 4 is 29.3 Å². The fourth-order valence-electron chi connectivity index (χ4n) is 1.92. The van der Waals surface area contributed by atoms with Crippen molar-refractivity contribution in [3.05, 3.63) is 65.7 Å². The first-order valence-corrected chi connectivity index (χ1v) is 7.28. The fourth-order valence-corrected chi connectivity index (χ4v) is 1.92. The minimum atomic E-state index is -5.01. The summed E-state index contributed by atoms with van der Waals surface area (Å²) in [5.74, 6) is -2.64. The summed E-state index contributed by atoms with van der Waals surface area (Å²) < 4.78 is 37.1. The van der Waals surface area contributed by atoms with Gasteiger partial charge >= 0.3 is 12.1 Å². The second-order valence-corrected chi connectivity index (χ2v) is 5.23. The van der Waals surface area contributed by atoms with Crippen molar-refractivity contribution < 1.29 is 22.8 Å². The molecule has 0 fully saturated rings. The monoisotopic (exact) mass is 348 g/mol. The van der Waals surface area contributed by atoms with Crippen LogP contribution in [0.5, 0.6) is 0 Å². The summed E-state index contributed by atoms with van der Waals surface area (Å²) in [6, 6.07) is 13.1. The SMILES string of the molecule is Cc1ccc(/C=C/C(=O)Nc2ccccc2NC(=O)C(F)(F)F)cc1. The highest BCUT2D eigenvalue weighted by Crippen LogP contribution is 2.24. The van der Waals surface area contributed by atoms with Crippen LogP contribution in [0.25, 0.3) is 6.08 Å². The number of hydrogen-bond acceptors (Lipinski definition) is 2. The van der Waals surface area contributed by atoms with Gasteiger partial charge in [-0.15, -0.1) is 0 Å². The minimum Gasteiger partial charge on any atom is -0.321 e. The third kappa shape index (κ3) is 5.49. The van der Waals surface area contributed by atoms with Crippen LogP contribution in [0.4, 0.5) is 24.5 Å². The van der Waals surface area contributed by atoms with Crippen molar-refractivity contribution in [3.63, 3.8) is 0 Å². The third-order valence-corrected chi connectivity index (χ3v) is 3.20. The zero-order valence-electron chi connectivity index (χ0n) is 13.2. The van der Waals surface area contributed by atoms with Gasteiger partial charge in [-0.1, -0.05) is 42.0 Å². The molecular weight excluding hydrogens is 333 g/mol. The number of carbonyl (C=O) groups excluding carboxylic acids is 2. The van der Waals surface area contributed by atoms with Crippen LogP contribution in [0.1, 0.15) is 11.1 Å². The Hall–Kier alpha value is -3.09. The Kier molecular flexibility index (Phi) is 5.59. The molecular formula is C18H15F3N2O2. The third-order valence-electron chi connectivity index (χ3n) is 3.20. The number of amides is 2. The van der Waals surface area contributed by atoms with Crippen molar-refractivity contribution in [3.8, 4) is 0 Å². The zero-order chi connectivity index (χ0) is 18.4. The Morgan fingerprint density at radius 2 is 1.48 bits per heavy atom. The van der Waals surface area contributed by atoms with Crippen LogP contribution in [-0.4, -0.2) is 18.0 Å². The molecule has 0 atom stereocenters. The van der Waals surface area contributed by atoms with Crippen molar-refractivity contribution in [2.75, 3.05) is 10.6 Å². The van der Waals surface area contributed by atoms with Gasteiger partial charge < -0.3 is 10.6 Å². The average molecular weight is 348 g/mol. The van der Waals surface area contributed by atoms with Crippen molar-refractivity contribution in [1.82, 2.24) is 0 Å². The van der Waals surface area contributed by atoms with Crippen LogP contribution in [0, 0.1) is 6.92 Å². The molecule has 25 heavy (non-hydrogen) atoms. The molecule has 0 aliphatic heterocycles. The highest BCUT2D eigenvalue weighted by molar-refractivity contribution is 6.06. The van der Waals surface area contributed by atoms with Gasteiger partial charge in [0, 0.05) is 6.08 Å². The summed E-state index contributed by atoms with van der Waals surface area (Å²) >= 11 is 0. The molecule has 0 heterocycles. The second-order valence-electron chi connectivity index (χ2n) is 5.23. The molecule has 0 unspecified atom stereocenters. The van der Waals surface area contributed by atoms with Gasteiger partial charge in [0.25, 0.3) is 0 Å². The molecule has 0 saturated heterocycles. The highest BCUT2D eigenvalue weighted by atomic mass is 19.4. The maximum absolute atomic E-state index is 12.4. The summed E-state index contributed by atoms with van der Waals surface area (Å²) in [7, 11) is 0. The van der Waals surface area contributed by atoms with Gasteiger partial charge in [-0.3, -0.25) is 9.59 Å². The van der Waals surface area contributed by atoms with Crippen LogP contribution in [0.15, 0.2) is 54.6 Å². The molecule has 4 nitrogen and oxygen atoms in total. The van der Waals surface area contributed by atoms with E-state index in [1.54, 1.807) is 11.4 Å². The van der Waals surface area contributed by atoms with E-state index < -0.39 is 18.0 Å². The van der Waals surface area contributed by atoms with Gasteiger partial charge in [0.15, 0.2) is 0 Å². The number of anilines is 2. The van der Waals surface area contributed by atoms with Gasteiger partial charge in [0.2, 0.25) is 5.91 Å². The Balaban J connectivity index is 2.08. The molecule has 0 spiro atoms. The summed E-state index contributed by atoms with van der Waals surface area (Å²) in [5.41, 5.74) is 1.82. The highest BCUT2D eigenvalue weighted by Gasteiger charge is 2.38. The number of aryl methyl sites for hydroxylation is 1. The lowest BCUT2D eigenvalue weighted by Crippen LogP contribution is -2.30. The number of rotatable bonds is 4. The molecule has 2 aromatic carbocycles. The van der Waals surface area contributed by atoms with Gasteiger partial charge in [-0.05, 0) is 30.7 Å². The Bertz CT molecular complexity index is 797. The van der Waals surface area contributed by atoms with Gasteiger partial charge in [-0.25, -0.2) is 0 Å². The molecule has 2 N–H and O–H groups in total. The molecule has 0 aliphatic rings. The molecule has 2 amide bonds. The second kappa shape index (κ2) is 7.65. The first kappa shape index (κ1) is 18.3. The Morgan fingerprint density at radius 1 is 0.920 bits per heavy atom. The lowest BCUT2D eigenvalue weighted by atomic mass is 10.1. The predicted octanol–water partition coefficient (Wildman–Crippen LogP) is 4.15. The van der Waals surface area contributed by atoms with Gasteiger partial charge in [0.05, 0.1) is 11.4 Å². The molecule has 0 aliphatic carbocycles. The van der Waals surface area contributed by atoms with Crippen LogP contribution < -0.4 is 10.6 Å². The number of halogens is 3. The molecule has 0 bridgehead atoms. The quantitative estimate of drug-likeness (QED) is 0.816.